The molecule has 0 aromatic carbocycles. The van der Waals surface area contributed by atoms with Gasteiger partial charge in [0.15, 0.2) is 0 Å². The summed E-state index contributed by atoms with van der Waals surface area (Å²) in [6, 6.07) is 2.39. The third kappa shape index (κ3) is 2.87. The molecule has 0 atom stereocenters. The number of rotatable bonds is 1. The van der Waals surface area contributed by atoms with Crippen LogP contribution in [0.3, 0.4) is 0 Å². The summed E-state index contributed by atoms with van der Waals surface area (Å²) in [6.45, 7) is 7.32. The summed E-state index contributed by atoms with van der Waals surface area (Å²) in [7, 11) is -0.918. The molecule has 0 radical (unpaired) electrons. The zero-order valence-corrected chi connectivity index (χ0v) is 13.1. The summed E-state index contributed by atoms with van der Waals surface area (Å²) in [6.07, 6.45) is -4.51. The van der Waals surface area contributed by atoms with Crippen molar-refractivity contribution in [1.29, 1.82) is 0 Å². The highest BCUT2D eigenvalue weighted by molar-refractivity contribution is 9.10. The number of aromatic nitrogens is 1. The van der Waals surface area contributed by atoms with E-state index in [-0.39, 0.29) is 10.1 Å². The number of alkyl halides is 3. The summed E-state index contributed by atoms with van der Waals surface area (Å²) >= 11 is 3.06. The molecule has 0 aliphatic carbocycles. The van der Waals surface area contributed by atoms with Crippen molar-refractivity contribution in [2.24, 2.45) is 0 Å². The minimum Gasteiger partial charge on any atom is -0.398 e. The first-order valence-corrected chi connectivity index (χ1v) is 6.82. The van der Waals surface area contributed by atoms with Gasteiger partial charge in [0, 0.05) is 4.47 Å². The van der Waals surface area contributed by atoms with E-state index in [4.69, 9.17) is 9.31 Å². The summed E-state index contributed by atoms with van der Waals surface area (Å²) in [4.78, 5) is 3.61. The van der Waals surface area contributed by atoms with Gasteiger partial charge in [0.2, 0.25) is 0 Å². The summed E-state index contributed by atoms with van der Waals surface area (Å²) in [5, 5.41) is 0. The van der Waals surface area contributed by atoms with Crippen LogP contribution in [0.5, 0.6) is 0 Å². The van der Waals surface area contributed by atoms with Gasteiger partial charge in [-0.3, -0.25) is 4.98 Å². The molecule has 0 unspecified atom stereocenters. The number of nitrogens with zero attached hydrogens (tertiary/aromatic N) is 1. The SMILES string of the molecule is CC1(C)OB(c2cc(Br)cc(C(F)(F)F)n2)OC1(C)C. The molecule has 1 aliphatic heterocycles. The minimum absolute atomic E-state index is 0.102. The van der Waals surface area contributed by atoms with Crippen LogP contribution in [-0.2, 0) is 15.5 Å². The second-order valence-electron chi connectivity index (χ2n) is 5.68. The Hall–Kier alpha value is -0.595. The van der Waals surface area contributed by atoms with Gasteiger partial charge in [-0.25, -0.2) is 0 Å². The van der Waals surface area contributed by atoms with Gasteiger partial charge in [-0.1, -0.05) is 15.9 Å². The summed E-state index contributed by atoms with van der Waals surface area (Å²) in [5.41, 5.74) is -2.12. The first kappa shape index (κ1) is 15.8. The molecular weight excluding hydrogens is 338 g/mol. The van der Waals surface area contributed by atoms with Crippen LogP contribution in [0.1, 0.15) is 33.4 Å². The molecule has 1 aromatic heterocycles. The van der Waals surface area contributed by atoms with Crippen molar-refractivity contribution in [2.45, 2.75) is 45.1 Å². The third-order valence-electron chi connectivity index (χ3n) is 3.60. The second kappa shape index (κ2) is 4.71. The molecule has 3 nitrogen and oxygen atoms in total. The Kier molecular flexibility index (Phi) is 3.72. The van der Waals surface area contributed by atoms with Crippen LogP contribution in [0, 0.1) is 0 Å². The lowest BCUT2D eigenvalue weighted by molar-refractivity contribution is -0.141. The molecule has 1 aromatic rings. The van der Waals surface area contributed by atoms with Gasteiger partial charge in [0.05, 0.1) is 16.8 Å². The molecule has 20 heavy (non-hydrogen) atoms. The van der Waals surface area contributed by atoms with E-state index in [0.717, 1.165) is 6.07 Å². The van der Waals surface area contributed by atoms with Crippen molar-refractivity contribution in [3.63, 3.8) is 0 Å². The van der Waals surface area contributed by atoms with Crippen LogP contribution < -0.4 is 5.59 Å². The Morgan fingerprint density at radius 1 is 1.10 bits per heavy atom. The third-order valence-corrected chi connectivity index (χ3v) is 4.05. The maximum absolute atomic E-state index is 12.8. The largest absolute Gasteiger partial charge is 0.514 e. The predicted octanol–water partition coefficient (Wildman–Crippen LogP) is 3.16. The van der Waals surface area contributed by atoms with Crippen LogP contribution in [0.4, 0.5) is 13.2 Å². The fourth-order valence-electron chi connectivity index (χ4n) is 1.75. The molecule has 8 heteroatoms. The van der Waals surface area contributed by atoms with Gasteiger partial charge in [-0.15, -0.1) is 0 Å². The average Bonchev–Trinajstić information content (AvgIpc) is 2.46. The Labute approximate surface area is 124 Å². The second-order valence-corrected chi connectivity index (χ2v) is 6.60. The van der Waals surface area contributed by atoms with Crippen LogP contribution in [0.15, 0.2) is 16.6 Å². The minimum atomic E-state index is -4.51. The number of pyridine rings is 1. The van der Waals surface area contributed by atoms with Crippen molar-refractivity contribution in [3.05, 3.63) is 22.3 Å². The van der Waals surface area contributed by atoms with Crippen LogP contribution in [0.2, 0.25) is 0 Å². The molecule has 0 spiro atoms. The highest BCUT2D eigenvalue weighted by Gasteiger charge is 2.52. The van der Waals surface area contributed by atoms with Gasteiger partial charge in [-0.2, -0.15) is 13.2 Å². The van der Waals surface area contributed by atoms with Crippen LogP contribution in [-0.4, -0.2) is 23.3 Å². The van der Waals surface area contributed by atoms with Crippen LogP contribution >= 0.6 is 15.9 Å². The van der Waals surface area contributed by atoms with Gasteiger partial charge in [0.25, 0.3) is 0 Å². The average molecular weight is 352 g/mol. The summed E-state index contributed by atoms with van der Waals surface area (Å²) < 4.78 is 50.0. The molecule has 0 bridgehead atoms. The monoisotopic (exact) mass is 351 g/mol. The van der Waals surface area contributed by atoms with Crippen LogP contribution in [0.25, 0.3) is 0 Å². The maximum atomic E-state index is 12.8. The van der Waals surface area contributed by atoms with Gasteiger partial charge < -0.3 is 9.31 Å². The van der Waals surface area contributed by atoms with Gasteiger partial charge in [-0.05, 0) is 39.8 Å². The van der Waals surface area contributed by atoms with Crippen molar-refractivity contribution < 1.29 is 22.5 Å². The van der Waals surface area contributed by atoms with E-state index in [1.807, 2.05) is 27.7 Å². The first-order valence-electron chi connectivity index (χ1n) is 6.03. The maximum Gasteiger partial charge on any atom is 0.514 e. The zero-order chi connectivity index (χ0) is 15.3. The highest BCUT2D eigenvalue weighted by atomic mass is 79.9. The molecule has 2 heterocycles. The Morgan fingerprint density at radius 3 is 2.05 bits per heavy atom. The van der Waals surface area contributed by atoms with Crippen molar-refractivity contribution >= 4 is 28.6 Å². The Bertz CT molecular complexity index is 518. The number of hydrogen-bond donors (Lipinski definition) is 0. The van der Waals surface area contributed by atoms with Gasteiger partial charge >= 0.3 is 13.3 Å². The lowest BCUT2D eigenvalue weighted by Gasteiger charge is -2.32. The predicted molar refractivity (Wildman–Crippen MR) is 72.7 cm³/mol. The van der Waals surface area contributed by atoms with Crippen molar-refractivity contribution in [3.8, 4) is 0 Å². The van der Waals surface area contributed by atoms with E-state index in [1.165, 1.54) is 6.07 Å². The molecule has 0 N–H and O–H groups in total. The van der Waals surface area contributed by atoms with E-state index >= 15 is 0 Å². The fourth-order valence-corrected chi connectivity index (χ4v) is 2.20. The quantitative estimate of drug-likeness (QED) is 0.728. The van der Waals surface area contributed by atoms with Crippen molar-refractivity contribution in [2.75, 3.05) is 0 Å². The highest BCUT2D eigenvalue weighted by Crippen LogP contribution is 2.37. The molecule has 110 valence electrons. The van der Waals surface area contributed by atoms with E-state index in [1.54, 1.807) is 0 Å². The topological polar surface area (TPSA) is 31.4 Å². The lowest BCUT2D eigenvalue weighted by Crippen LogP contribution is -2.41. The van der Waals surface area contributed by atoms with E-state index < -0.39 is 30.2 Å². The molecule has 2 rings (SSSR count). The number of halogens is 4. The fraction of sp³-hybridized carbons (Fsp3) is 0.583. The van der Waals surface area contributed by atoms with Gasteiger partial charge in [0.1, 0.15) is 5.69 Å². The summed E-state index contributed by atoms with van der Waals surface area (Å²) in [5.74, 6) is 0. The molecular formula is C12H14BBrF3NO2. The Morgan fingerprint density at radius 2 is 1.60 bits per heavy atom. The normalized spacial score (nSPS) is 21.3. The van der Waals surface area contributed by atoms with E-state index in [2.05, 4.69) is 20.9 Å². The standard InChI is InChI=1S/C12H14BBrF3NO2/c1-10(2)11(3,4)20-13(19-10)9-6-7(14)5-8(18-9)12(15,16)17/h5-6H,1-4H3. The molecule has 1 aliphatic rings. The number of hydrogen-bond acceptors (Lipinski definition) is 3. The molecule has 0 amide bonds. The van der Waals surface area contributed by atoms with Crippen molar-refractivity contribution in [1.82, 2.24) is 4.98 Å². The molecule has 1 fully saturated rings. The van der Waals surface area contributed by atoms with E-state index in [9.17, 15) is 13.2 Å². The first-order chi connectivity index (χ1) is 8.92. The zero-order valence-electron chi connectivity index (χ0n) is 11.5. The lowest BCUT2D eigenvalue weighted by atomic mass is 9.84. The smallest absolute Gasteiger partial charge is 0.398 e. The Balaban J connectivity index is 2.38. The van der Waals surface area contributed by atoms with E-state index in [0.29, 0.717) is 0 Å². The molecule has 1 saturated heterocycles. The molecule has 0 saturated carbocycles.